The molecule has 3 aromatic heterocycles. The van der Waals surface area contributed by atoms with Crippen LogP contribution in [0.5, 0.6) is 5.88 Å². The maximum Gasteiger partial charge on any atom is 0.238 e. The number of hydrogen-bond acceptors (Lipinski definition) is 5. The highest BCUT2D eigenvalue weighted by molar-refractivity contribution is 5.65. The van der Waals surface area contributed by atoms with Crippen molar-refractivity contribution in [3.05, 3.63) is 82.8 Å². The number of imidazole rings is 1. The molecule has 0 aliphatic carbocycles. The molecule has 1 aromatic carbocycles. The number of aryl methyl sites for hydroxylation is 2. The molecule has 0 radical (unpaired) electrons. The van der Waals surface area contributed by atoms with Gasteiger partial charge in [0, 0.05) is 18.7 Å². The number of ether oxygens (including phenoxy) is 1. The third kappa shape index (κ3) is 4.07. The van der Waals surface area contributed by atoms with Crippen LogP contribution in [0.1, 0.15) is 47.4 Å². The molecule has 1 atom stereocenters. The van der Waals surface area contributed by atoms with E-state index in [1.54, 1.807) is 30.3 Å². The van der Waals surface area contributed by atoms with E-state index in [1.165, 1.54) is 0 Å². The average Bonchev–Trinajstić information content (AvgIpc) is 3.46. The van der Waals surface area contributed by atoms with Gasteiger partial charge in [0.1, 0.15) is 11.5 Å². The molecule has 34 heavy (non-hydrogen) atoms. The number of hydrogen-bond donors (Lipinski definition) is 0. The molecule has 1 unspecified atom stereocenters. The Kier molecular flexibility index (Phi) is 5.64. The van der Waals surface area contributed by atoms with Gasteiger partial charge in [0.25, 0.3) is 0 Å². The molecule has 1 aliphatic rings. The maximum atomic E-state index is 13.8. The van der Waals surface area contributed by atoms with Crippen molar-refractivity contribution in [3.8, 4) is 11.6 Å². The highest BCUT2D eigenvalue weighted by Crippen LogP contribution is 2.33. The molecule has 0 fully saturated rings. The second-order valence-corrected chi connectivity index (χ2v) is 8.06. The van der Waals surface area contributed by atoms with Gasteiger partial charge in [-0.25, -0.2) is 32.8 Å². The summed E-state index contributed by atoms with van der Waals surface area (Å²) in [6, 6.07) is 5.78. The number of fused-ring (bicyclic) bond motifs is 1. The average molecular weight is 466 g/mol. The van der Waals surface area contributed by atoms with Gasteiger partial charge in [0.05, 0.1) is 24.8 Å². The Hall–Kier alpha value is -3.95. The molecular formula is C24H21F3N6O. The minimum Gasteiger partial charge on any atom is -0.479 e. The Morgan fingerprint density at radius 2 is 1.88 bits per heavy atom. The van der Waals surface area contributed by atoms with Crippen LogP contribution < -0.4 is 4.74 Å². The summed E-state index contributed by atoms with van der Waals surface area (Å²) >= 11 is 0. The zero-order valence-electron chi connectivity index (χ0n) is 18.5. The molecule has 7 nitrogen and oxygen atoms in total. The van der Waals surface area contributed by atoms with E-state index in [0.717, 1.165) is 29.9 Å². The Morgan fingerprint density at radius 3 is 2.59 bits per heavy atom. The first-order valence-corrected chi connectivity index (χ1v) is 10.8. The van der Waals surface area contributed by atoms with Gasteiger partial charge in [-0.05, 0) is 61.7 Å². The van der Waals surface area contributed by atoms with Gasteiger partial charge >= 0.3 is 0 Å². The van der Waals surface area contributed by atoms with Gasteiger partial charge in [-0.1, -0.05) is 0 Å². The van der Waals surface area contributed by atoms with Crippen LogP contribution in [0.2, 0.25) is 0 Å². The zero-order valence-corrected chi connectivity index (χ0v) is 18.5. The molecule has 4 aromatic rings. The Morgan fingerprint density at radius 1 is 1.09 bits per heavy atom. The van der Waals surface area contributed by atoms with Crippen molar-refractivity contribution in [2.24, 2.45) is 0 Å². The number of nitrogens with zero attached hydrogens (tertiary/aromatic N) is 6. The number of methoxy groups -OCH3 is 1. The molecule has 1 aliphatic heterocycles. The lowest BCUT2D eigenvalue weighted by Crippen LogP contribution is -2.18. The second-order valence-electron chi connectivity index (χ2n) is 8.06. The fourth-order valence-corrected chi connectivity index (χ4v) is 4.13. The molecule has 0 spiro atoms. The zero-order chi connectivity index (χ0) is 23.8. The lowest BCUT2D eigenvalue weighted by atomic mass is 9.91. The third-order valence-electron chi connectivity index (χ3n) is 5.75. The molecule has 0 N–H and O–H groups in total. The van der Waals surface area contributed by atoms with Crippen LogP contribution in [0.4, 0.5) is 13.2 Å². The van der Waals surface area contributed by atoms with E-state index in [-0.39, 0.29) is 5.92 Å². The van der Waals surface area contributed by atoms with Gasteiger partial charge in [-0.3, -0.25) is 0 Å². The molecule has 10 heteroatoms. The lowest BCUT2D eigenvalue weighted by molar-refractivity contribution is 0.395. The van der Waals surface area contributed by atoms with Crippen molar-refractivity contribution in [1.82, 2.24) is 29.3 Å². The second kappa shape index (κ2) is 8.77. The van der Waals surface area contributed by atoms with Crippen LogP contribution in [0.15, 0.2) is 36.8 Å². The summed E-state index contributed by atoms with van der Waals surface area (Å²) in [6.45, 7) is 2.54. The SMILES string of the molecule is COc1nc(C=Cc2nc3n(n2)CCCC3c2cc(F)c(F)c(F)c2)ccc1-n1cnc(C)c1. The Balaban J connectivity index is 1.42. The van der Waals surface area contributed by atoms with E-state index in [1.807, 2.05) is 29.8 Å². The van der Waals surface area contributed by atoms with Crippen molar-refractivity contribution >= 4 is 12.2 Å². The molecule has 0 saturated heterocycles. The van der Waals surface area contributed by atoms with E-state index >= 15 is 0 Å². The van der Waals surface area contributed by atoms with Crippen LogP contribution in [0, 0.1) is 24.4 Å². The summed E-state index contributed by atoms with van der Waals surface area (Å²) in [7, 11) is 1.55. The number of halogens is 3. The summed E-state index contributed by atoms with van der Waals surface area (Å²) in [5, 5.41) is 4.50. The highest BCUT2D eigenvalue weighted by Gasteiger charge is 2.27. The fourth-order valence-electron chi connectivity index (χ4n) is 4.13. The third-order valence-corrected chi connectivity index (χ3v) is 5.75. The van der Waals surface area contributed by atoms with Crippen LogP contribution in [-0.4, -0.2) is 36.4 Å². The van der Waals surface area contributed by atoms with Crippen molar-refractivity contribution in [2.75, 3.05) is 7.11 Å². The Bertz CT molecular complexity index is 1370. The molecule has 0 saturated carbocycles. The summed E-state index contributed by atoms with van der Waals surface area (Å²) in [5.41, 5.74) is 2.63. The van der Waals surface area contributed by atoms with Gasteiger partial charge in [0.15, 0.2) is 23.3 Å². The minimum absolute atomic E-state index is 0.344. The van der Waals surface area contributed by atoms with Crippen LogP contribution in [0.3, 0.4) is 0 Å². The van der Waals surface area contributed by atoms with Crippen LogP contribution >= 0.6 is 0 Å². The summed E-state index contributed by atoms with van der Waals surface area (Å²) in [5.74, 6) is -2.78. The summed E-state index contributed by atoms with van der Waals surface area (Å²) in [6.07, 6.45) is 8.46. The first-order valence-electron chi connectivity index (χ1n) is 10.8. The van der Waals surface area contributed by atoms with Crippen LogP contribution in [0.25, 0.3) is 17.8 Å². The smallest absolute Gasteiger partial charge is 0.238 e. The largest absolute Gasteiger partial charge is 0.479 e. The summed E-state index contributed by atoms with van der Waals surface area (Å²) < 4.78 is 50.0. The standard InChI is InChI=1S/C24H21F3N6O/c1-14-12-32(13-28-14)20-7-5-16(29-24(20)34-2)6-8-21-30-23-17(4-3-9-33(23)31-21)15-10-18(25)22(27)19(26)11-15/h5-8,10-13,17H,3-4,9H2,1-2H3. The van der Waals surface area contributed by atoms with Gasteiger partial charge in [-0.15, -0.1) is 0 Å². The number of aromatic nitrogens is 6. The van der Waals surface area contributed by atoms with Gasteiger partial charge in [0.2, 0.25) is 5.88 Å². The molecular weight excluding hydrogens is 445 g/mol. The summed E-state index contributed by atoms with van der Waals surface area (Å²) in [4.78, 5) is 13.3. The monoisotopic (exact) mass is 466 g/mol. The molecule has 174 valence electrons. The van der Waals surface area contributed by atoms with Crippen LogP contribution in [-0.2, 0) is 6.54 Å². The molecule has 4 heterocycles. The van der Waals surface area contributed by atoms with E-state index < -0.39 is 17.5 Å². The number of rotatable bonds is 5. The predicted molar refractivity (Wildman–Crippen MR) is 119 cm³/mol. The predicted octanol–water partition coefficient (Wildman–Crippen LogP) is 4.69. The van der Waals surface area contributed by atoms with Crippen molar-refractivity contribution in [3.63, 3.8) is 0 Å². The van der Waals surface area contributed by atoms with Crippen molar-refractivity contribution < 1.29 is 17.9 Å². The number of benzene rings is 1. The van der Waals surface area contributed by atoms with Crippen molar-refractivity contribution in [2.45, 2.75) is 32.2 Å². The van der Waals surface area contributed by atoms with Gasteiger partial charge in [-0.2, -0.15) is 5.10 Å². The highest BCUT2D eigenvalue weighted by atomic mass is 19.2. The minimum atomic E-state index is -1.47. The quantitative estimate of drug-likeness (QED) is 0.399. The van der Waals surface area contributed by atoms with E-state index in [9.17, 15) is 13.2 Å². The van der Waals surface area contributed by atoms with Crippen molar-refractivity contribution in [1.29, 1.82) is 0 Å². The van der Waals surface area contributed by atoms with E-state index in [0.29, 0.717) is 41.8 Å². The first-order chi connectivity index (χ1) is 16.4. The lowest BCUT2D eigenvalue weighted by Gasteiger charge is -2.22. The maximum absolute atomic E-state index is 13.8. The van der Waals surface area contributed by atoms with E-state index in [4.69, 9.17) is 4.74 Å². The molecule has 0 bridgehead atoms. The van der Waals surface area contributed by atoms with E-state index in [2.05, 4.69) is 20.1 Å². The first kappa shape index (κ1) is 21.9. The normalized spacial score (nSPS) is 15.6. The molecule has 5 rings (SSSR count). The number of pyridine rings is 1. The fraction of sp³-hybridized carbons (Fsp3) is 0.250. The Labute approximate surface area is 193 Å². The topological polar surface area (TPSA) is 70.7 Å². The van der Waals surface area contributed by atoms with Gasteiger partial charge < -0.3 is 9.30 Å². The molecule has 0 amide bonds.